The number of benzene rings is 1. The van der Waals surface area contributed by atoms with E-state index in [9.17, 15) is 9.59 Å². The van der Waals surface area contributed by atoms with E-state index in [1.807, 2.05) is 37.3 Å². The van der Waals surface area contributed by atoms with Crippen molar-refractivity contribution in [1.82, 2.24) is 4.90 Å². The SMILES string of the molecule is Cc1ccc(/C=C2\SC(=S)N(CCCCCCCCCC(=O)O)C2=O)cc1. The Balaban J connectivity index is 1.68. The molecular weight excluding hydrogens is 378 g/mol. The van der Waals surface area contributed by atoms with E-state index in [2.05, 4.69) is 0 Å². The van der Waals surface area contributed by atoms with E-state index < -0.39 is 5.97 Å². The summed E-state index contributed by atoms with van der Waals surface area (Å²) < 4.78 is 0.645. The zero-order valence-electron chi connectivity index (χ0n) is 15.8. The van der Waals surface area contributed by atoms with Crippen molar-refractivity contribution in [3.8, 4) is 0 Å². The van der Waals surface area contributed by atoms with Crippen LogP contribution < -0.4 is 0 Å². The maximum absolute atomic E-state index is 12.6. The van der Waals surface area contributed by atoms with Gasteiger partial charge in [0.05, 0.1) is 4.91 Å². The summed E-state index contributed by atoms with van der Waals surface area (Å²) in [6.07, 6.45) is 9.23. The van der Waals surface area contributed by atoms with Crippen LogP contribution in [0, 0.1) is 6.92 Å². The molecule has 1 heterocycles. The van der Waals surface area contributed by atoms with Crippen LogP contribution in [0.1, 0.15) is 62.5 Å². The Morgan fingerprint density at radius 1 is 1.07 bits per heavy atom. The first kappa shape index (κ1) is 21.6. The fraction of sp³-hybridized carbons (Fsp3) is 0.476. The topological polar surface area (TPSA) is 57.6 Å². The van der Waals surface area contributed by atoms with Gasteiger partial charge in [0.25, 0.3) is 5.91 Å². The van der Waals surface area contributed by atoms with Crippen LogP contribution in [0.25, 0.3) is 6.08 Å². The van der Waals surface area contributed by atoms with Crippen LogP contribution >= 0.6 is 24.0 Å². The highest BCUT2D eigenvalue weighted by Crippen LogP contribution is 2.32. The number of carboxylic acid groups (broad SMARTS) is 1. The minimum absolute atomic E-state index is 0.0132. The van der Waals surface area contributed by atoms with E-state index >= 15 is 0 Å². The van der Waals surface area contributed by atoms with Gasteiger partial charge in [-0.15, -0.1) is 0 Å². The smallest absolute Gasteiger partial charge is 0.303 e. The van der Waals surface area contributed by atoms with Crippen LogP contribution in [-0.4, -0.2) is 32.7 Å². The number of hydrogen-bond donors (Lipinski definition) is 1. The summed E-state index contributed by atoms with van der Waals surface area (Å²) in [4.78, 5) is 25.4. The Morgan fingerprint density at radius 3 is 2.30 bits per heavy atom. The lowest BCUT2D eigenvalue weighted by Gasteiger charge is -2.14. The van der Waals surface area contributed by atoms with Crippen molar-refractivity contribution < 1.29 is 14.7 Å². The Labute approximate surface area is 171 Å². The number of unbranched alkanes of at least 4 members (excludes halogenated alkanes) is 6. The number of hydrogen-bond acceptors (Lipinski definition) is 4. The molecule has 0 unspecified atom stereocenters. The van der Waals surface area contributed by atoms with Gasteiger partial charge in [-0.3, -0.25) is 14.5 Å². The predicted octanol–water partition coefficient (Wildman–Crippen LogP) is 5.40. The molecule has 0 radical (unpaired) electrons. The molecule has 1 aliphatic heterocycles. The molecule has 1 saturated heterocycles. The number of rotatable bonds is 11. The third kappa shape index (κ3) is 7.46. The lowest BCUT2D eigenvalue weighted by molar-refractivity contribution is -0.137. The molecule has 1 N–H and O–H groups in total. The molecule has 2 rings (SSSR count). The van der Waals surface area contributed by atoms with Crippen LogP contribution in [0.15, 0.2) is 29.2 Å². The number of aliphatic carboxylic acids is 1. The maximum atomic E-state index is 12.6. The Hall–Kier alpha value is -1.66. The van der Waals surface area contributed by atoms with Crippen molar-refractivity contribution in [2.24, 2.45) is 0 Å². The van der Waals surface area contributed by atoms with Crippen LogP contribution in [0.2, 0.25) is 0 Å². The van der Waals surface area contributed by atoms with Crippen molar-refractivity contribution in [1.29, 1.82) is 0 Å². The fourth-order valence-electron chi connectivity index (χ4n) is 2.94. The normalized spacial score (nSPS) is 15.7. The van der Waals surface area contributed by atoms with Gasteiger partial charge in [0.2, 0.25) is 0 Å². The van der Waals surface area contributed by atoms with Gasteiger partial charge in [-0.05, 0) is 31.4 Å². The summed E-state index contributed by atoms with van der Waals surface area (Å²) in [6, 6.07) is 8.10. The number of nitrogens with zero attached hydrogens (tertiary/aromatic N) is 1. The minimum Gasteiger partial charge on any atom is -0.481 e. The molecule has 0 bridgehead atoms. The monoisotopic (exact) mass is 405 g/mol. The van der Waals surface area contributed by atoms with E-state index in [0.717, 1.165) is 50.5 Å². The number of thiocarbonyl (C=S) groups is 1. The van der Waals surface area contributed by atoms with Crippen molar-refractivity contribution >= 4 is 46.3 Å². The quantitative estimate of drug-likeness (QED) is 0.303. The Bertz CT molecular complexity index is 698. The third-order valence-electron chi connectivity index (χ3n) is 4.52. The van der Waals surface area contributed by atoms with Gasteiger partial charge >= 0.3 is 5.97 Å². The van der Waals surface area contributed by atoms with Gasteiger partial charge in [-0.2, -0.15) is 0 Å². The molecule has 0 aliphatic carbocycles. The van der Waals surface area contributed by atoms with Gasteiger partial charge in [0, 0.05) is 13.0 Å². The van der Waals surface area contributed by atoms with E-state index in [0.29, 0.717) is 15.8 Å². The standard InChI is InChI=1S/C21H27NO3S2/c1-16-10-12-17(13-11-16)15-18-20(25)22(21(26)27-18)14-8-6-4-2-3-5-7-9-19(23)24/h10-13,15H,2-9,14H2,1H3,(H,23,24)/b18-15-. The Morgan fingerprint density at radius 2 is 1.67 bits per heavy atom. The summed E-state index contributed by atoms with van der Waals surface area (Å²) in [5, 5.41) is 8.60. The summed E-state index contributed by atoms with van der Waals surface area (Å²) >= 11 is 6.76. The van der Waals surface area contributed by atoms with Crippen molar-refractivity contribution in [3.05, 3.63) is 40.3 Å². The number of carbonyl (C=O) groups excluding carboxylic acids is 1. The van der Waals surface area contributed by atoms with Crippen LogP contribution in [0.5, 0.6) is 0 Å². The van der Waals surface area contributed by atoms with E-state index in [1.54, 1.807) is 4.90 Å². The number of thioether (sulfide) groups is 1. The highest BCUT2D eigenvalue weighted by Gasteiger charge is 2.31. The van der Waals surface area contributed by atoms with Crippen LogP contribution in [0.3, 0.4) is 0 Å². The van der Waals surface area contributed by atoms with Gasteiger partial charge in [0.15, 0.2) is 0 Å². The van der Waals surface area contributed by atoms with Crippen molar-refractivity contribution in [3.63, 3.8) is 0 Å². The average Bonchev–Trinajstić information content (AvgIpc) is 2.89. The average molecular weight is 406 g/mol. The number of amides is 1. The fourth-order valence-corrected chi connectivity index (χ4v) is 4.25. The molecule has 146 valence electrons. The highest BCUT2D eigenvalue weighted by atomic mass is 32.2. The largest absolute Gasteiger partial charge is 0.481 e. The second-order valence-corrected chi connectivity index (χ2v) is 8.54. The number of aryl methyl sites for hydroxylation is 1. The molecule has 1 aromatic rings. The first-order valence-electron chi connectivity index (χ1n) is 9.51. The number of carbonyl (C=O) groups is 2. The Kier molecular flexibility index (Phi) is 9.01. The van der Waals surface area contributed by atoms with Gasteiger partial charge in [-0.25, -0.2) is 0 Å². The summed E-state index contributed by atoms with van der Waals surface area (Å²) in [5.41, 5.74) is 2.21. The molecule has 0 saturated carbocycles. The highest BCUT2D eigenvalue weighted by molar-refractivity contribution is 8.26. The first-order valence-corrected chi connectivity index (χ1v) is 10.7. The molecule has 27 heavy (non-hydrogen) atoms. The minimum atomic E-state index is -0.713. The maximum Gasteiger partial charge on any atom is 0.303 e. The van der Waals surface area contributed by atoms with E-state index in [4.69, 9.17) is 17.3 Å². The van der Waals surface area contributed by atoms with Crippen LogP contribution in [-0.2, 0) is 9.59 Å². The zero-order valence-corrected chi connectivity index (χ0v) is 17.4. The zero-order chi connectivity index (χ0) is 19.6. The number of carboxylic acids is 1. The van der Waals surface area contributed by atoms with Crippen molar-refractivity contribution in [2.45, 2.75) is 58.3 Å². The summed E-state index contributed by atoms with van der Waals surface area (Å²) in [7, 11) is 0. The molecule has 4 nitrogen and oxygen atoms in total. The molecule has 1 amide bonds. The molecule has 6 heteroatoms. The molecule has 1 fully saturated rings. The molecule has 1 aliphatic rings. The molecule has 1 aromatic carbocycles. The van der Waals surface area contributed by atoms with Crippen LogP contribution in [0.4, 0.5) is 0 Å². The summed E-state index contributed by atoms with van der Waals surface area (Å²) in [5.74, 6) is -0.700. The molecule has 0 spiro atoms. The van der Waals surface area contributed by atoms with Gasteiger partial charge in [-0.1, -0.05) is 85.9 Å². The molecular formula is C21H27NO3S2. The molecule has 0 aromatic heterocycles. The van der Waals surface area contributed by atoms with E-state index in [-0.39, 0.29) is 12.3 Å². The van der Waals surface area contributed by atoms with Gasteiger partial charge < -0.3 is 5.11 Å². The summed E-state index contributed by atoms with van der Waals surface area (Å²) in [6.45, 7) is 2.72. The second-order valence-electron chi connectivity index (χ2n) is 6.86. The van der Waals surface area contributed by atoms with E-state index in [1.165, 1.54) is 17.3 Å². The molecule has 0 atom stereocenters. The lowest BCUT2D eigenvalue weighted by atomic mass is 10.1. The second kappa shape index (κ2) is 11.2. The predicted molar refractivity (Wildman–Crippen MR) is 116 cm³/mol. The lowest BCUT2D eigenvalue weighted by Crippen LogP contribution is -2.29. The van der Waals surface area contributed by atoms with Crippen molar-refractivity contribution in [2.75, 3.05) is 6.54 Å². The third-order valence-corrected chi connectivity index (χ3v) is 5.90. The van der Waals surface area contributed by atoms with Gasteiger partial charge in [0.1, 0.15) is 4.32 Å². The first-order chi connectivity index (χ1) is 13.0.